The van der Waals surface area contributed by atoms with Crippen molar-refractivity contribution in [2.75, 3.05) is 0 Å². The lowest BCUT2D eigenvalue weighted by Gasteiger charge is -2.46. The monoisotopic (exact) mass is 368 g/mol. The van der Waals surface area contributed by atoms with Crippen LogP contribution in [0, 0.1) is 0 Å². The Bertz CT molecular complexity index is 561. The van der Waals surface area contributed by atoms with Gasteiger partial charge in [0.05, 0.1) is 0 Å². The van der Waals surface area contributed by atoms with Crippen molar-refractivity contribution >= 4 is 18.0 Å². The molecule has 3 atom stereocenters. The first-order chi connectivity index (χ1) is 11.9. The highest BCUT2D eigenvalue weighted by molar-refractivity contribution is 5.91. The zero-order valence-corrected chi connectivity index (χ0v) is 16.8. The maximum Gasteiger partial charge on any atom is 0.408 e. The number of ether oxygens (including phenoxy) is 2. The van der Waals surface area contributed by atoms with Gasteiger partial charge in [0, 0.05) is 6.04 Å². The van der Waals surface area contributed by atoms with Crippen molar-refractivity contribution in [1.82, 2.24) is 10.2 Å². The van der Waals surface area contributed by atoms with E-state index in [1.54, 1.807) is 25.7 Å². The average Bonchev–Trinajstić information content (AvgIpc) is 2.46. The fraction of sp³-hybridized carbons (Fsp3) is 0.842. The zero-order valence-electron chi connectivity index (χ0n) is 16.8. The first-order valence-corrected chi connectivity index (χ1v) is 9.42. The fourth-order valence-electron chi connectivity index (χ4n) is 3.54. The van der Waals surface area contributed by atoms with Crippen LogP contribution in [0.5, 0.6) is 0 Å². The Kier molecular flexibility index (Phi) is 5.88. The molecular formula is C19H32N2O5. The molecule has 0 bridgehead atoms. The molecule has 0 saturated carbocycles. The van der Waals surface area contributed by atoms with Crippen molar-refractivity contribution in [2.45, 2.75) is 103 Å². The van der Waals surface area contributed by atoms with Crippen molar-refractivity contribution < 1.29 is 23.9 Å². The Balaban J connectivity index is 2.09. The van der Waals surface area contributed by atoms with Crippen LogP contribution in [0.3, 0.4) is 0 Å². The zero-order chi connectivity index (χ0) is 19.7. The Labute approximate surface area is 155 Å². The lowest BCUT2D eigenvalue weighted by molar-refractivity contribution is -0.171. The normalized spacial score (nSPS) is 26.8. The van der Waals surface area contributed by atoms with Crippen LogP contribution in [0.2, 0.25) is 0 Å². The Morgan fingerprint density at radius 3 is 2.15 bits per heavy atom. The molecular weight excluding hydrogens is 336 g/mol. The van der Waals surface area contributed by atoms with Gasteiger partial charge >= 0.3 is 12.1 Å². The number of fused-ring (bicyclic) bond motifs is 1. The summed E-state index contributed by atoms with van der Waals surface area (Å²) in [5, 5.41) is 2.66. The van der Waals surface area contributed by atoms with E-state index < -0.39 is 29.4 Å². The molecule has 2 aliphatic heterocycles. The minimum absolute atomic E-state index is 0.0328. The first kappa shape index (κ1) is 20.5. The van der Waals surface area contributed by atoms with Gasteiger partial charge in [0.1, 0.15) is 23.3 Å². The number of hydrogen-bond acceptors (Lipinski definition) is 5. The molecule has 7 nitrogen and oxygen atoms in total. The third-order valence-corrected chi connectivity index (χ3v) is 4.46. The number of carbonyl (C=O) groups excluding carboxylic acids is 3. The Morgan fingerprint density at radius 2 is 1.58 bits per heavy atom. The van der Waals surface area contributed by atoms with E-state index in [0.717, 1.165) is 19.3 Å². The van der Waals surface area contributed by atoms with Gasteiger partial charge in [-0.15, -0.1) is 0 Å². The molecule has 0 unspecified atom stereocenters. The molecule has 1 N–H and O–H groups in total. The summed E-state index contributed by atoms with van der Waals surface area (Å²) in [7, 11) is 0. The molecule has 0 aromatic heterocycles. The lowest BCUT2D eigenvalue weighted by Crippen LogP contribution is -2.63. The van der Waals surface area contributed by atoms with Crippen LogP contribution in [-0.4, -0.2) is 52.2 Å². The van der Waals surface area contributed by atoms with Crippen molar-refractivity contribution in [3.8, 4) is 0 Å². The second kappa shape index (κ2) is 7.45. The van der Waals surface area contributed by atoms with Crippen molar-refractivity contribution in [3.63, 3.8) is 0 Å². The summed E-state index contributed by atoms with van der Waals surface area (Å²) in [6.45, 7) is 10.8. The molecule has 2 heterocycles. The molecule has 148 valence electrons. The van der Waals surface area contributed by atoms with Crippen LogP contribution < -0.4 is 5.32 Å². The van der Waals surface area contributed by atoms with E-state index in [4.69, 9.17) is 9.47 Å². The lowest BCUT2D eigenvalue weighted by atomic mass is 9.86. The molecule has 2 saturated heterocycles. The number of amides is 2. The van der Waals surface area contributed by atoms with Gasteiger partial charge < -0.3 is 19.7 Å². The average molecular weight is 368 g/mol. The van der Waals surface area contributed by atoms with Gasteiger partial charge in [-0.25, -0.2) is 9.59 Å². The topological polar surface area (TPSA) is 84.9 Å². The van der Waals surface area contributed by atoms with Gasteiger partial charge in [-0.05, 0) is 73.6 Å². The number of nitrogens with one attached hydrogen (secondary N) is 1. The first-order valence-electron chi connectivity index (χ1n) is 9.42. The number of alkyl carbamates (subject to hydrolysis) is 1. The molecule has 0 aromatic carbocycles. The van der Waals surface area contributed by atoms with Gasteiger partial charge in [-0.3, -0.25) is 4.79 Å². The number of carbonyl (C=O) groups is 3. The minimum Gasteiger partial charge on any atom is -0.458 e. The van der Waals surface area contributed by atoms with Crippen LogP contribution in [0.1, 0.15) is 73.6 Å². The Hall–Kier alpha value is -1.79. The highest BCUT2D eigenvalue weighted by Gasteiger charge is 2.45. The molecule has 2 amide bonds. The minimum atomic E-state index is -0.663. The summed E-state index contributed by atoms with van der Waals surface area (Å²) < 4.78 is 10.8. The van der Waals surface area contributed by atoms with Crippen LogP contribution in [0.15, 0.2) is 0 Å². The molecule has 0 spiro atoms. The standard InChI is InChI=1S/C19H32N2O5/c1-18(2,3)25-16(23)14-9-7-8-12-10-11-13(15(22)21(12)14)20-17(24)26-19(4,5)6/h12-14H,7-11H2,1-6H3,(H,20,24)/t12-,13+,14+/m1/s1. The van der Waals surface area contributed by atoms with E-state index >= 15 is 0 Å². The maximum atomic E-state index is 13.0. The summed E-state index contributed by atoms with van der Waals surface area (Å²) in [5.74, 6) is -0.587. The second-order valence-electron chi connectivity index (χ2n) is 9.16. The van der Waals surface area contributed by atoms with Gasteiger partial charge in [0.15, 0.2) is 0 Å². The maximum absolute atomic E-state index is 13.0. The summed E-state index contributed by atoms with van der Waals surface area (Å²) in [5.41, 5.74) is -1.23. The number of hydrogen-bond donors (Lipinski definition) is 1. The van der Waals surface area contributed by atoms with E-state index in [9.17, 15) is 14.4 Å². The van der Waals surface area contributed by atoms with Crippen LogP contribution in [0.4, 0.5) is 4.79 Å². The van der Waals surface area contributed by atoms with Gasteiger partial charge in [0.2, 0.25) is 5.91 Å². The van der Waals surface area contributed by atoms with Crippen molar-refractivity contribution in [3.05, 3.63) is 0 Å². The van der Waals surface area contributed by atoms with E-state index in [1.165, 1.54) is 0 Å². The van der Waals surface area contributed by atoms with Crippen LogP contribution >= 0.6 is 0 Å². The highest BCUT2D eigenvalue weighted by atomic mass is 16.6. The van der Waals surface area contributed by atoms with Crippen LogP contribution in [-0.2, 0) is 19.1 Å². The van der Waals surface area contributed by atoms with Crippen molar-refractivity contribution in [2.24, 2.45) is 0 Å². The van der Waals surface area contributed by atoms with E-state index in [0.29, 0.717) is 12.8 Å². The molecule has 26 heavy (non-hydrogen) atoms. The van der Waals surface area contributed by atoms with Gasteiger partial charge in [-0.1, -0.05) is 0 Å². The molecule has 2 fully saturated rings. The molecule has 2 aliphatic rings. The smallest absolute Gasteiger partial charge is 0.408 e. The Morgan fingerprint density at radius 1 is 0.962 bits per heavy atom. The molecule has 7 heteroatoms. The van der Waals surface area contributed by atoms with E-state index in [2.05, 4.69) is 5.32 Å². The predicted molar refractivity (Wildman–Crippen MR) is 96.5 cm³/mol. The molecule has 0 aliphatic carbocycles. The predicted octanol–water partition coefficient (Wildman–Crippen LogP) is 2.76. The third-order valence-electron chi connectivity index (χ3n) is 4.46. The number of rotatable bonds is 2. The van der Waals surface area contributed by atoms with Crippen molar-refractivity contribution in [1.29, 1.82) is 0 Å². The number of piperidine rings is 2. The third kappa shape index (κ3) is 5.35. The highest BCUT2D eigenvalue weighted by Crippen LogP contribution is 2.32. The van der Waals surface area contributed by atoms with Crippen LogP contribution in [0.25, 0.3) is 0 Å². The van der Waals surface area contributed by atoms with Gasteiger partial charge in [0.25, 0.3) is 0 Å². The van der Waals surface area contributed by atoms with E-state index in [-0.39, 0.29) is 17.9 Å². The summed E-state index contributed by atoms with van der Waals surface area (Å²) in [6.07, 6.45) is 3.06. The summed E-state index contributed by atoms with van der Waals surface area (Å²) in [6, 6.07) is -1.21. The van der Waals surface area contributed by atoms with Gasteiger partial charge in [-0.2, -0.15) is 0 Å². The van der Waals surface area contributed by atoms with E-state index in [1.807, 2.05) is 20.8 Å². The largest absolute Gasteiger partial charge is 0.458 e. The number of nitrogens with zero attached hydrogens (tertiary/aromatic N) is 1. The fourth-order valence-corrected chi connectivity index (χ4v) is 3.54. The second-order valence-corrected chi connectivity index (χ2v) is 9.16. The summed E-state index contributed by atoms with van der Waals surface area (Å²) >= 11 is 0. The quantitative estimate of drug-likeness (QED) is 0.758. The molecule has 0 aromatic rings. The summed E-state index contributed by atoms with van der Waals surface area (Å²) in [4.78, 5) is 39.3. The number of esters is 1. The SMILES string of the molecule is CC(C)(C)OC(=O)N[C@H]1CC[C@H]2CCC[C@@H](C(=O)OC(C)(C)C)N2C1=O. The molecule has 2 rings (SSSR count). The molecule has 0 radical (unpaired) electrons.